The van der Waals surface area contributed by atoms with E-state index in [-0.39, 0.29) is 30.8 Å². The summed E-state index contributed by atoms with van der Waals surface area (Å²) in [5.41, 5.74) is 3.89. The molecular weight excluding hydrogens is 503 g/mol. The maximum atomic E-state index is 13.9. The van der Waals surface area contributed by atoms with Crippen molar-refractivity contribution >= 4 is 35.0 Å². The Bertz CT molecular complexity index is 1190. The van der Waals surface area contributed by atoms with Crippen LogP contribution in [0.25, 0.3) is 0 Å². The Morgan fingerprint density at radius 2 is 1.54 bits per heavy atom. The highest BCUT2D eigenvalue weighted by atomic mass is 35.5. The number of benzene rings is 3. The molecule has 0 spiro atoms. The summed E-state index contributed by atoms with van der Waals surface area (Å²) in [5.74, 6) is -0.206. The van der Waals surface area contributed by atoms with Gasteiger partial charge in [-0.15, -0.1) is 0 Å². The molecule has 2 amide bonds. The number of hydrogen-bond donors (Lipinski definition) is 1. The van der Waals surface area contributed by atoms with E-state index in [1.165, 1.54) is 6.42 Å². The minimum atomic E-state index is -0.656. The van der Waals surface area contributed by atoms with Crippen molar-refractivity contribution in [2.45, 2.75) is 70.5 Å². The number of nitrogens with one attached hydrogen (secondary N) is 1. The maximum absolute atomic E-state index is 13.9. The van der Waals surface area contributed by atoms with E-state index in [4.69, 9.17) is 23.2 Å². The Hall–Kier alpha value is -2.82. The number of carbonyl (C=O) groups is 2. The van der Waals surface area contributed by atoms with Crippen LogP contribution in [0.2, 0.25) is 10.0 Å². The lowest BCUT2D eigenvalue weighted by molar-refractivity contribution is -0.141. The van der Waals surface area contributed by atoms with E-state index in [0.29, 0.717) is 16.5 Å². The average Bonchev–Trinajstić information content (AvgIpc) is 2.90. The molecule has 1 saturated carbocycles. The molecule has 1 unspecified atom stereocenters. The van der Waals surface area contributed by atoms with Crippen LogP contribution in [0, 0.1) is 6.92 Å². The summed E-state index contributed by atoms with van der Waals surface area (Å²) in [7, 11) is 0. The van der Waals surface area contributed by atoms with Crippen LogP contribution in [0.4, 0.5) is 0 Å². The minimum Gasteiger partial charge on any atom is -0.352 e. The van der Waals surface area contributed by atoms with Gasteiger partial charge in [0.2, 0.25) is 11.8 Å². The molecule has 1 fully saturated rings. The Morgan fingerprint density at radius 3 is 2.22 bits per heavy atom. The zero-order valence-electron chi connectivity index (χ0n) is 21.3. The molecule has 0 aromatic heterocycles. The van der Waals surface area contributed by atoms with Gasteiger partial charge in [0.25, 0.3) is 0 Å². The molecule has 0 bridgehead atoms. The molecule has 1 aliphatic rings. The van der Waals surface area contributed by atoms with Gasteiger partial charge in [0.1, 0.15) is 6.04 Å². The van der Waals surface area contributed by atoms with E-state index < -0.39 is 6.04 Å². The van der Waals surface area contributed by atoms with Crippen LogP contribution in [-0.2, 0) is 29.0 Å². The molecule has 37 heavy (non-hydrogen) atoms. The van der Waals surface area contributed by atoms with Crippen LogP contribution in [0.1, 0.15) is 54.4 Å². The van der Waals surface area contributed by atoms with E-state index in [9.17, 15) is 9.59 Å². The second-order valence-corrected chi connectivity index (χ2v) is 10.8. The number of aryl methyl sites for hydroxylation is 1. The van der Waals surface area contributed by atoms with Gasteiger partial charge in [-0.2, -0.15) is 0 Å². The number of carbonyl (C=O) groups excluding carboxylic acids is 2. The lowest BCUT2D eigenvalue weighted by Crippen LogP contribution is -2.53. The summed E-state index contributed by atoms with van der Waals surface area (Å²) < 4.78 is 0. The van der Waals surface area contributed by atoms with Gasteiger partial charge in [-0.1, -0.05) is 109 Å². The molecule has 1 N–H and O–H groups in total. The Kier molecular flexibility index (Phi) is 9.65. The molecule has 194 valence electrons. The fourth-order valence-corrected chi connectivity index (χ4v) is 5.24. The van der Waals surface area contributed by atoms with Crippen molar-refractivity contribution in [1.29, 1.82) is 0 Å². The van der Waals surface area contributed by atoms with Gasteiger partial charge in [-0.3, -0.25) is 9.59 Å². The number of halogens is 2. The Labute approximate surface area is 230 Å². The van der Waals surface area contributed by atoms with E-state index in [1.54, 1.807) is 17.0 Å². The molecule has 6 heteroatoms. The normalized spacial score (nSPS) is 14.7. The van der Waals surface area contributed by atoms with Crippen molar-refractivity contribution in [3.05, 3.63) is 105 Å². The topological polar surface area (TPSA) is 49.4 Å². The van der Waals surface area contributed by atoms with E-state index in [0.717, 1.165) is 47.9 Å². The second kappa shape index (κ2) is 13.1. The maximum Gasteiger partial charge on any atom is 0.243 e. The average molecular weight is 538 g/mol. The van der Waals surface area contributed by atoms with Gasteiger partial charge in [0.15, 0.2) is 0 Å². The number of nitrogens with zero attached hydrogens (tertiary/aromatic N) is 1. The van der Waals surface area contributed by atoms with Crippen LogP contribution in [0.3, 0.4) is 0 Å². The van der Waals surface area contributed by atoms with Gasteiger partial charge in [-0.05, 0) is 48.6 Å². The first-order valence-corrected chi connectivity index (χ1v) is 13.8. The van der Waals surface area contributed by atoms with E-state index in [2.05, 4.69) is 5.32 Å². The first kappa shape index (κ1) is 27.2. The largest absolute Gasteiger partial charge is 0.352 e. The zero-order valence-corrected chi connectivity index (χ0v) is 22.8. The molecular formula is C31H34Cl2N2O2. The van der Waals surface area contributed by atoms with Gasteiger partial charge in [0, 0.05) is 19.0 Å². The number of hydrogen-bond acceptors (Lipinski definition) is 2. The van der Waals surface area contributed by atoms with Crippen LogP contribution in [-0.4, -0.2) is 28.8 Å². The van der Waals surface area contributed by atoms with Crippen molar-refractivity contribution in [2.24, 2.45) is 0 Å². The lowest BCUT2D eigenvalue weighted by atomic mass is 9.94. The summed E-state index contributed by atoms with van der Waals surface area (Å²) in [4.78, 5) is 29.4. The van der Waals surface area contributed by atoms with Crippen molar-refractivity contribution in [3.63, 3.8) is 0 Å². The van der Waals surface area contributed by atoms with E-state index >= 15 is 0 Å². The first-order valence-electron chi connectivity index (χ1n) is 13.0. The SMILES string of the molecule is Cc1ccc(CC(=O)N(Cc2ccc(Cl)c(Cl)c2)C(Cc2ccccc2)C(=O)NC2CCCCC2)cc1. The van der Waals surface area contributed by atoms with E-state index in [1.807, 2.05) is 67.6 Å². The third kappa shape index (κ3) is 7.83. The quantitative estimate of drug-likeness (QED) is 0.322. The van der Waals surface area contributed by atoms with Crippen molar-refractivity contribution in [1.82, 2.24) is 10.2 Å². The summed E-state index contributed by atoms with van der Waals surface area (Å²) in [6, 6.07) is 22.7. The van der Waals surface area contributed by atoms with Crippen LogP contribution >= 0.6 is 23.2 Å². The highest BCUT2D eigenvalue weighted by molar-refractivity contribution is 6.42. The molecule has 3 aromatic carbocycles. The van der Waals surface area contributed by atoms with Gasteiger partial charge >= 0.3 is 0 Å². The third-order valence-electron chi connectivity index (χ3n) is 7.04. The lowest BCUT2D eigenvalue weighted by Gasteiger charge is -2.33. The fraction of sp³-hybridized carbons (Fsp3) is 0.355. The standard InChI is InChI=1S/C31H34Cl2N2O2/c1-22-12-14-24(15-13-22)20-30(36)35(21-25-16-17-27(32)28(33)18-25)29(19-23-8-4-2-5-9-23)31(37)34-26-10-6-3-7-11-26/h2,4-5,8-9,12-18,26,29H,3,6-7,10-11,19-21H2,1H3,(H,34,37). The summed E-state index contributed by atoms with van der Waals surface area (Å²) in [6.07, 6.45) is 6.05. The van der Waals surface area contributed by atoms with Gasteiger partial charge in [-0.25, -0.2) is 0 Å². The molecule has 1 aliphatic carbocycles. The highest BCUT2D eigenvalue weighted by Gasteiger charge is 2.32. The van der Waals surface area contributed by atoms with Crippen molar-refractivity contribution in [3.8, 4) is 0 Å². The fourth-order valence-electron chi connectivity index (χ4n) is 4.92. The minimum absolute atomic E-state index is 0.102. The number of rotatable bonds is 9. The summed E-state index contributed by atoms with van der Waals surface area (Å²) in [5, 5.41) is 4.16. The molecule has 4 rings (SSSR count). The van der Waals surface area contributed by atoms with Gasteiger partial charge in [0.05, 0.1) is 16.5 Å². The second-order valence-electron chi connectivity index (χ2n) is 9.98. The predicted octanol–water partition coefficient (Wildman–Crippen LogP) is 6.93. The van der Waals surface area contributed by atoms with Crippen LogP contribution in [0.15, 0.2) is 72.8 Å². The predicted molar refractivity (Wildman–Crippen MR) is 151 cm³/mol. The monoisotopic (exact) mass is 536 g/mol. The Balaban J connectivity index is 1.66. The first-order chi connectivity index (χ1) is 17.9. The summed E-state index contributed by atoms with van der Waals surface area (Å²) in [6.45, 7) is 2.28. The van der Waals surface area contributed by atoms with Crippen molar-refractivity contribution in [2.75, 3.05) is 0 Å². The molecule has 4 nitrogen and oxygen atoms in total. The number of amides is 2. The molecule has 0 aliphatic heterocycles. The molecule has 1 atom stereocenters. The molecule has 3 aromatic rings. The van der Waals surface area contributed by atoms with Gasteiger partial charge < -0.3 is 10.2 Å². The van der Waals surface area contributed by atoms with Crippen molar-refractivity contribution < 1.29 is 9.59 Å². The zero-order chi connectivity index (χ0) is 26.2. The highest BCUT2D eigenvalue weighted by Crippen LogP contribution is 2.25. The van der Waals surface area contributed by atoms with Crippen LogP contribution in [0.5, 0.6) is 0 Å². The van der Waals surface area contributed by atoms with Crippen LogP contribution < -0.4 is 5.32 Å². The summed E-state index contributed by atoms with van der Waals surface area (Å²) >= 11 is 12.5. The molecule has 0 heterocycles. The molecule has 0 saturated heterocycles. The molecule has 0 radical (unpaired) electrons. The third-order valence-corrected chi connectivity index (χ3v) is 7.77. The smallest absolute Gasteiger partial charge is 0.243 e. The Morgan fingerprint density at radius 1 is 0.865 bits per heavy atom.